The molecule has 0 bridgehead atoms. The van der Waals surface area contributed by atoms with Crippen molar-refractivity contribution in [2.45, 2.75) is 24.6 Å². The Morgan fingerprint density at radius 3 is 2.86 bits per heavy atom. The van der Waals surface area contributed by atoms with Gasteiger partial charge in [-0.2, -0.15) is 0 Å². The first-order chi connectivity index (χ1) is 10.2. The van der Waals surface area contributed by atoms with E-state index in [2.05, 4.69) is 57.7 Å². The summed E-state index contributed by atoms with van der Waals surface area (Å²) in [6.07, 6.45) is 3.15. The maximum absolute atomic E-state index is 4.18. The number of nitrogens with zero attached hydrogens (tertiary/aromatic N) is 3. The fourth-order valence-corrected chi connectivity index (χ4v) is 3.38. The van der Waals surface area contributed by atoms with Crippen LogP contribution in [0.15, 0.2) is 36.5 Å². The van der Waals surface area contributed by atoms with E-state index in [1.165, 1.54) is 23.2 Å². The van der Waals surface area contributed by atoms with E-state index in [1.807, 2.05) is 23.0 Å². The minimum atomic E-state index is 0.776. The molecule has 4 nitrogen and oxygen atoms in total. The number of aryl methyl sites for hydroxylation is 1. The number of nitrogens with one attached hydrogen (secondary N) is 1. The number of hydrogen-bond donors (Lipinski definition) is 1. The van der Waals surface area contributed by atoms with Gasteiger partial charge in [-0.1, -0.05) is 0 Å². The summed E-state index contributed by atoms with van der Waals surface area (Å²) in [5, 5.41) is 11.7. The molecule has 5 heteroatoms. The Morgan fingerprint density at radius 1 is 1.33 bits per heavy atom. The van der Waals surface area contributed by atoms with Crippen molar-refractivity contribution in [3.63, 3.8) is 0 Å². The summed E-state index contributed by atoms with van der Waals surface area (Å²) >= 11 is 1.84. The van der Waals surface area contributed by atoms with Gasteiger partial charge in [0.05, 0.1) is 0 Å². The standard InChI is InChI=1S/C16H21AsN4/c1-12-2-4-13(5-3-12)9-18-16-8-15(10-19-20-16)21-7-6-14(17)11-21/h2-5,8,10,14H,6-7,9,11,17H2,1H3,(H,18,20). The Hall–Kier alpha value is -1.54. The van der Waals surface area contributed by atoms with Crippen LogP contribution in [0.4, 0.5) is 11.5 Å². The van der Waals surface area contributed by atoms with E-state index in [0.717, 1.165) is 30.2 Å². The molecule has 110 valence electrons. The van der Waals surface area contributed by atoms with Crippen LogP contribution in [0.25, 0.3) is 0 Å². The number of benzene rings is 1. The molecule has 2 heterocycles. The summed E-state index contributed by atoms with van der Waals surface area (Å²) in [6.45, 7) is 5.15. The molecule has 1 aliphatic heterocycles. The summed E-state index contributed by atoms with van der Waals surface area (Å²) < 4.78 is 0.828. The fourth-order valence-electron chi connectivity index (χ4n) is 2.54. The first-order valence-corrected chi connectivity index (χ1v) is 8.73. The normalized spacial score (nSPS) is 18.0. The third-order valence-electron chi connectivity index (χ3n) is 3.82. The van der Waals surface area contributed by atoms with Crippen molar-refractivity contribution in [3.8, 4) is 0 Å². The van der Waals surface area contributed by atoms with E-state index < -0.39 is 0 Å². The number of aromatic nitrogens is 2. The van der Waals surface area contributed by atoms with Crippen LogP contribution in [0.1, 0.15) is 17.5 Å². The van der Waals surface area contributed by atoms with Crippen LogP contribution in [-0.2, 0) is 6.54 Å². The molecule has 1 N–H and O–H groups in total. The monoisotopic (exact) mass is 344 g/mol. The van der Waals surface area contributed by atoms with Crippen LogP contribution < -0.4 is 10.2 Å². The number of anilines is 2. The van der Waals surface area contributed by atoms with Gasteiger partial charge in [-0.05, 0) is 6.92 Å². The Morgan fingerprint density at radius 2 is 2.14 bits per heavy atom. The van der Waals surface area contributed by atoms with Crippen molar-refractivity contribution in [2.75, 3.05) is 23.3 Å². The molecule has 0 aliphatic carbocycles. The van der Waals surface area contributed by atoms with E-state index in [9.17, 15) is 0 Å². The quantitative estimate of drug-likeness (QED) is 0.862. The first-order valence-electron chi connectivity index (χ1n) is 7.33. The molecule has 1 aromatic carbocycles. The molecular formula is C16H21AsN4. The predicted molar refractivity (Wildman–Crippen MR) is 89.7 cm³/mol. The van der Waals surface area contributed by atoms with E-state index >= 15 is 0 Å². The summed E-state index contributed by atoms with van der Waals surface area (Å²) in [7, 11) is 0. The molecule has 3 rings (SSSR count). The molecule has 2 unspecified atom stereocenters. The van der Waals surface area contributed by atoms with Crippen LogP contribution in [0.5, 0.6) is 0 Å². The molecular weight excluding hydrogens is 323 g/mol. The third kappa shape index (κ3) is 3.76. The fraction of sp³-hybridized carbons (Fsp3) is 0.375. The van der Waals surface area contributed by atoms with Gasteiger partial charge in [0, 0.05) is 0 Å². The van der Waals surface area contributed by atoms with Crippen LogP contribution in [0.2, 0.25) is 4.71 Å². The van der Waals surface area contributed by atoms with Crippen LogP contribution in [-0.4, -0.2) is 40.1 Å². The zero-order valence-electron chi connectivity index (χ0n) is 12.3. The molecule has 1 aromatic heterocycles. The SMILES string of the molecule is Cc1ccc(CNc2cc(N3CCC([AsH2])C3)cnn2)cc1. The third-order valence-corrected chi connectivity index (χ3v) is 4.97. The van der Waals surface area contributed by atoms with Crippen LogP contribution >= 0.6 is 0 Å². The Bertz CT molecular complexity index is 599. The van der Waals surface area contributed by atoms with E-state index in [1.54, 1.807) is 0 Å². The summed E-state index contributed by atoms with van der Waals surface area (Å²) in [4.78, 5) is 2.40. The van der Waals surface area contributed by atoms with Gasteiger partial charge in [0.15, 0.2) is 0 Å². The summed E-state index contributed by atoms with van der Waals surface area (Å²) in [5.41, 5.74) is 3.71. The molecule has 0 amide bonds. The molecule has 1 saturated heterocycles. The molecule has 0 radical (unpaired) electrons. The second kappa shape index (κ2) is 6.48. The molecule has 1 fully saturated rings. The van der Waals surface area contributed by atoms with Crippen molar-refractivity contribution in [1.82, 2.24) is 10.2 Å². The van der Waals surface area contributed by atoms with E-state index in [4.69, 9.17) is 0 Å². The van der Waals surface area contributed by atoms with Crippen LogP contribution in [0.3, 0.4) is 0 Å². The van der Waals surface area contributed by atoms with E-state index in [0.29, 0.717) is 0 Å². The Labute approximate surface area is 134 Å². The van der Waals surface area contributed by atoms with Gasteiger partial charge in [-0.25, -0.2) is 0 Å². The van der Waals surface area contributed by atoms with Crippen molar-refractivity contribution in [3.05, 3.63) is 47.7 Å². The second-order valence-corrected chi connectivity index (χ2v) is 7.61. The number of rotatable bonds is 4. The second-order valence-electron chi connectivity index (χ2n) is 5.63. The van der Waals surface area contributed by atoms with Crippen molar-refractivity contribution >= 4 is 28.4 Å². The van der Waals surface area contributed by atoms with Gasteiger partial charge in [0.1, 0.15) is 0 Å². The van der Waals surface area contributed by atoms with Gasteiger partial charge >= 0.3 is 127 Å². The number of hydrogen-bond acceptors (Lipinski definition) is 4. The van der Waals surface area contributed by atoms with E-state index in [-0.39, 0.29) is 0 Å². The van der Waals surface area contributed by atoms with Gasteiger partial charge in [-0.3, -0.25) is 0 Å². The maximum atomic E-state index is 4.18. The average molecular weight is 344 g/mol. The van der Waals surface area contributed by atoms with Crippen LogP contribution in [0, 0.1) is 6.92 Å². The molecule has 1 aliphatic rings. The molecule has 21 heavy (non-hydrogen) atoms. The van der Waals surface area contributed by atoms with Gasteiger partial charge in [0.2, 0.25) is 0 Å². The topological polar surface area (TPSA) is 41.0 Å². The molecule has 2 aromatic rings. The Balaban J connectivity index is 1.64. The zero-order chi connectivity index (χ0) is 14.7. The summed E-state index contributed by atoms with van der Waals surface area (Å²) in [5.74, 6) is 0.845. The molecule has 0 spiro atoms. The molecule has 0 saturated carbocycles. The average Bonchev–Trinajstić information content (AvgIpc) is 2.94. The van der Waals surface area contributed by atoms with Gasteiger partial charge < -0.3 is 0 Å². The van der Waals surface area contributed by atoms with Gasteiger partial charge in [-0.15, -0.1) is 0 Å². The summed E-state index contributed by atoms with van der Waals surface area (Å²) in [6, 6.07) is 10.7. The Kier molecular flexibility index (Phi) is 4.44. The molecule has 2 atom stereocenters. The van der Waals surface area contributed by atoms with Gasteiger partial charge in [0.25, 0.3) is 0 Å². The van der Waals surface area contributed by atoms with Crippen molar-refractivity contribution < 1.29 is 0 Å². The first kappa shape index (κ1) is 14.4. The predicted octanol–water partition coefficient (Wildman–Crippen LogP) is 2.03. The van der Waals surface area contributed by atoms with Crippen molar-refractivity contribution in [1.29, 1.82) is 0 Å². The van der Waals surface area contributed by atoms with Crippen molar-refractivity contribution in [2.24, 2.45) is 0 Å². The zero-order valence-corrected chi connectivity index (χ0v) is 14.7. The minimum absolute atomic E-state index is 0.776.